The standard InChI is InChI=1S/C26H32Cl2N2O3/c1-17(2)22(29-23(31)19-7-5-6-18(14-19)15-27)24(32)30-13-12-26(33,25(3,4)16-30)20-8-10-21(28)11-9-20/h5-11,14,17,22,33H,12-13,15-16H2,1-4H3,(H,29,31). The summed E-state index contributed by atoms with van der Waals surface area (Å²) in [5, 5.41) is 15.1. The van der Waals surface area contributed by atoms with Gasteiger partial charge in [-0.25, -0.2) is 0 Å². The highest BCUT2D eigenvalue weighted by Crippen LogP contribution is 2.46. The Bertz CT molecular complexity index is 1010. The fraction of sp³-hybridized carbons (Fsp3) is 0.462. The Hall–Kier alpha value is -2.08. The van der Waals surface area contributed by atoms with Crippen molar-refractivity contribution >= 4 is 35.0 Å². The van der Waals surface area contributed by atoms with Crippen LogP contribution in [0.1, 0.15) is 55.6 Å². The summed E-state index contributed by atoms with van der Waals surface area (Å²) in [6.07, 6.45) is 0.393. The summed E-state index contributed by atoms with van der Waals surface area (Å²) in [4.78, 5) is 28.1. The minimum Gasteiger partial charge on any atom is -0.384 e. The zero-order chi connectivity index (χ0) is 24.4. The Morgan fingerprint density at radius 3 is 2.39 bits per heavy atom. The minimum absolute atomic E-state index is 0.0992. The normalized spacial score (nSPS) is 21.0. The van der Waals surface area contributed by atoms with Crippen molar-refractivity contribution in [3.8, 4) is 0 Å². The Morgan fingerprint density at radius 1 is 1.15 bits per heavy atom. The second-order valence-electron chi connectivity index (χ2n) is 9.79. The first kappa shape index (κ1) is 25.5. The molecule has 5 nitrogen and oxygen atoms in total. The summed E-state index contributed by atoms with van der Waals surface area (Å²) in [6, 6.07) is 13.6. The number of piperidine rings is 1. The van der Waals surface area contributed by atoms with Gasteiger partial charge >= 0.3 is 0 Å². The van der Waals surface area contributed by atoms with E-state index >= 15 is 0 Å². The summed E-state index contributed by atoms with van der Waals surface area (Å²) in [7, 11) is 0. The van der Waals surface area contributed by atoms with Crippen molar-refractivity contribution in [1.82, 2.24) is 10.2 Å². The number of nitrogens with one attached hydrogen (secondary N) is 1. The van der Waals surface area contributed by atoms with Crippen molar-refractivity contribution in [1.29, 1.82) is 0 Å². The maximum atomic E-state index is 13.5. The molecule has 2 unspecified atom stereocenters. The van der Waals surface area contributed by atoms with Gasteiger partial charge in [0.2, 0.25) is 5.91 Å². The lowest BCUT2D eigenvalue weighted by atomic mass is 9.66. The summed E-state index contributed by atoms with van der Waals surface area (Å²) in [6.45, 7) is 8.51. The van der Waals surface area contributed by atoms with Crippen LogP contribution in [0.15, 0.2) is 48.5 Å². The fourth-order valence-electron chi connectivity index (χ4n) is 4.50. The number of likely N-dealkylation sites (tertiary alicyclic amines) is 1. The van der Waals surface area contributed by atoms with Crippen LogP contribution in [0, 0.1) is 11.3 Å². The number of amides is 2. The van der Waals surface area contributed by atoms with Gasteiger partial charge in [-0.2, -0.15) is 0 Å². The predicted octanol–water partition coefficient (Wildman–Crippen LogP) is 4.98. The number of rotatable bonds is 6. The van der Waals surface area contributed by atoms with E-state index in [-0.39, 0.29) is 17.7 Å². The first-order chi connectivity index (χ1) is 15.5. The quantitative estimate of drug-likeness (QED) is 0.560. The highest BCUT2D eigenvalue weighted by Gasteiger charge is 2.50. The summed E-state index contributed by atoms with van der Waals surface area (Å²) in [5.74, 6) is -0.230. The van der Waals surface area contributed by atoms with Crippen molar-refractivity contribution in [2.45, 2.75) is 51.6 Å². The molecule has 2 aromatic carbocycles. The SMILES string of the molecule is CC(C)C(NC(=O)c1cccc(CCl)c1)C(=O)N1CCC(O)(c2ccc(Cl)cc2)C(C)(C)C1. The number of aliphatic hydroxyl groups is 1. The number of benzene rings is 2. The highest BCUT2D eigenvalue weighted by atomic mass is 35.5. The molecule has 1 fully saturated rings. The average molecular weight is 491 g/mol. The number of carbonyl (C=O) groups excluding carboxylic acids is 2. The minimum atomic E-state index is -1.09. The molecule has 0 bridgehead atoms. The molecule has 178 valence electrons. The van der Waals surface area contributed by atoms with E-state index in [4.69, 9.17) is 23.2 Å². The molecule has 2 amide bonds. The number of nitrogens with zero attached hydrogens (tertiary/aromatic N) is 1. The highest BCUT2D eigenvalue weighted by molar-refractivity contribution is 6.30. The topological polar surface area (TPSA) is 69.6 Å². The van der Waals surface area contributed by atoms with Crippen LogP contribution in [0.5, 0.6) is 0 Å². The zero-order valence-corrected chi connectivity index (χ0v) is 21.1. The van der Waals surface area contributed by atoms with Crippen LogP contribution in [-0.4, -0.2) is 41.0 Å². The van der Waals surface area contributed by atoms with Gasteiger partial charge in [-0.3, -0.25) is 9.59 Å². The molecule has 0 aromatic heterocycles. The monoisotopic (exact) mass is 490 g/mol. The molecule has 2 N–H and O–H groups in total. The molecule has 0 radical (unpaired) electrons. The molecule has 1 aliphatic rings. The van der Waals surface area contributed by atoms with Crippen LogP contribution in [0.3, 0.4) is 0 Å². The fourth-order valence-corrected chi connectivity index (χ4v) is 4.79. The molecule has 0 saturated carbocycles. The van der Waals surface area contributed by atoms with Crippen molar-refractivity contribution in [3.63, 3.8) is 0 Å². The van der Waals surface area contributed by atoms with Gasteiger partial charge in [0.1, 0.15) is 6.04 Å². The molecule has 1 saturated heterocycles. The van der Waals surface area contributed by atoms with Gasteiger partial charge in [-0.15, -0.1) is 11.6 Å². The molecule has 33 heavy (non-hydrogen) atoms. The summed E-state index contributed by atoms with van der Waals surface area (Å²) >= 11 is 11.9. The molecule has 1 heterocycles. The van der Waals surface area contributed by atoms with E-state index in [9.17, 15) is 14.7 Å². The van der Waals surface area contributed by atoms with E-state index in [0.717, 1.165) is 11.1 Å². The van der Waals surface area contributed by atoms with E-state index in [1.54, 1.807) is 35.2 Å². The van der Waals surface area contributed by atoms with E-state index in [2.05, 4.69) is 5.32 Å². The zero-order valence-electron chi connectivity index (χ0n) is 19.6. The van der Waals surface area contributed by atoms with Crippen molar-refractivity contribution in [2.75, 3.05) is 13.1 Å². The molecule has 2 aromatic rings. The van der Waals surface area contributed by atoms with Gasteiger partial charge in [-0.05, 0) is 47.7 Å². The number of halogens is 2. The maximum Gasteiger partial charge on any atom is 0.251 e. The van der Waals surface area contributed by atoms with Gasteiger partial charge < -0.3 is 15.3 Å². The van der Waals surface area contributed by atoms with Crippen molar-refractivity contribution in [3.05, 3.63) is 70.2 Å². The van der Waals surface area contributed by atoms with Gasteiger partial charge in [0.15, 0.2) is 0 Å². The third-order valence-corrected chi connectivity index (χ3v) is 7.21. The molecule has 0 aliphatic carbocycles. The van der Waals surface area contributed by atoms with Gasteiger partial charge in [-0.1, -0.05) is 63.6 Å². The van der Waals surface area contributed by atoms with Gasteiger partial charge in [0, 0.05) is 35.0 Å². The number of carbonyl (C=O) groups is 2. The van der Waals surface area contributed by atoms with Gasteiger partial charge in [0.25, 0.3) is 5.91 Å². The molecule has 0 spiro atoms. The van der Waals surface area contributed by atoms with Crippen LogP contribution in [0.4, 0.5) is 0 Å². The van der Waals surface area contributed by atoms with E-state index in [1.807, 2.05) is 45.9 Å². The first-order valence-electron chi connectivity index (χ1n) is 11.2. The third kappa shape index (κ3) is 5.37. The van der Waals surface area contributed by atoms with Crippen LogP contribution >= 0.6 is 23.2 Å². The van der Waals surface area contributed by atoms with Crippen LogP contribution < -0.4 is 5.32 Å². The molecule has 3 rings (SSSR count). The van der Waals surface area contributed by atoms with E-state index in [1.165, 1.54) is 0 Å². The van der Waals surface area contributed by atoms with Crippen LogP contribution in [0.2, 0.25) is 5.02 Å². The summed E-state index contributed by atoms with van der Waals surface area (Å²) in [5.41, 5.74) is 0.414. The summed E-state index contributed by atoms with van der Waals surface area (Å²) < 4.78 is 0. The lowest BCUT2D eigenvalue weighted by molar-refractivity contribution is -0.155. The lowest BCUT2D eigenvalue weighted by Crippen LogP contribution is -2.60. The Labute approximate surface area is 206 Å². The molecule has 1 aliphatic heterocycles. The smallest absolute Gasteiger partial charge is 0.251 e. The van der Waals surface area contributed by atoms with E-state index < -0.39 is 17.1 Å². The Morgan fingerprint density at radius 2 is 1.82 bits per heavy atom. The Kier molecular flexibility index (Phi) is 7.77. The second-order valence-corrected chi connectivity index (χ2v) is 10.5. The van der Waals surface area contributed by atoms with Crippen LogP contribution in [-0.2, 0) is 16.3 Å². The first-order valence-corrected chi connectivity index (χ1v) is 12.1. The van der Waals surface area contributed by atoms with E-state index in [0.29, 0.717) is 36.0 Å². The van der Waals surface area contributed by atoms with Crippen LogP contribution in [0.25, 0.3) is 0 Å². The molecular formula is C26H32Cl2N2O3. The average Bonchev–Trinajstić information content (AvgIpc) is 2.78. The number of hydrogen-bond donors (Lipinski definition) is 2. The lowest BCUT2D eigenvalue weighted by Gasteiger charge is -2.51. The second kappa shape index (κ2) is 10.0. The predicted molar refractivity (Wildman–Crippen MR) is 132 cm³/mol. The number of hydrogen-bond acceptors (Lipinski definition) is 3. The molecular weight excluding hydrogens is 459 g/mol. The Balaban J connectivity index is 1.77. The molecule has 2 atom stereocenters. The third-order valence-electron chi connectivity index (χ3n) is 6.65. The van der Waals surface area contributed by atoms with Gasteiger partial charge in [0.05, 0.1) is 5.60 Å². The largest absolute Gasteiger partial charge is 0.384 e. The van der Waals surface area contributed by atoms with Crippen molar-refractivity contribution in [2.24, 2.45) is 11.3 Å². The molecule has 7 heteroatoms. The maximum absolute atomic E-state index is 13.5. The number of alkyl halides is 1. The van der Waals surface area contributed by atoms with Crippen molar-refractivity contribution < 1.29 is 14.7 Å².